The lowest BCUT2D eigenvalue weighted by Gasteiger charge is -2.37. The quantitative estimate of drug-likeness (QED) is 0.887. The highest BCUT2D eigenvalue weighted by molar-refractivity contribution is 7.99. The standard InChI is InChI=1S/C19H29N3OS/c1-16(20-19(23)17-7-13-24-14-8-17)15-21-9-11-22(12-10-21)18-5-3-2-4-6-18/h2-6,16-17H,7-15H2,1H3,(H,20,23)/t16-/m0/s1. The molecule has 0 aromatic heterocycles. The Morgan fingerprint density at radius 3 is 2.50 bits per heavy atom. The Morgan fingerprint density at radius 1 is 1.17 bits per heavy atom. The minimum Gasteiger partial charge on any atom is -0.369 e. The van der Waals surface area contributed by atoms with Crippen LogP contribution in [0.3, 0.4) is 0 Å². The largest absolute Gasteiger partial charge is 0.369 e. The normalized spacial score (nSPS) is 21.5. The summed E-state index contributed by atoms with van der Waals surface area (Å²) in [6.45, 7) is 7.34. The van der Waals surface area contributed by atoms with Crippen molar-refractivity contribution in [1.29, 1.82) is 0 Å². The van der Waals surface area contributed by atoms with E-state index >= 15 is 0 Å². The molecule has 1 N–H and O–H groups in total. The molecule has 0 spiro atoms. The van der Waals surface area contributed by atoms with Crippen molar-refractivity contribution in [3.05, 3.63) is 30.3 Å². The lowest BCUT2D eigenvalue weighted by Crippen LogP contribution is -2.51. The van der Waals surface area contributed by atoms with Crippen LogP contribution in [0.2, 0.25) is 0 Å². The van der Waals surface area contributed by atoms with Gasteiger partial charge in [-0.05, 0) is 43.4 Å². The Bertz CT molecular complexity index is 511. The van der Waals surface area contributed by atoms with Crippen LogP contribution in [0.5, 0.6) is 0 Å². The first kappa shape index (κ1) is 17.6. The molecule has 4 nitrogen and oxygen atoms in total. The van der Waals surface area contributed by atoms with Crippen molar-refractivity contribution in [3.63, 3.8) is 0 Å². The molecule has 5 heteroatoms. The first-order chi connectivity index (χ1) is 11.7. The van der Waals surface area contributed by atoms with Crippen molar-refractivity contribution in [2.45, 2.75) is 25.8 Å². The highest BCUT2D eigenvalue weighted by Gasteiger charge is 2.24. The van der Waals surface area contributed by atoms with Crippen LogP contribution >= 0.6 is 11.8 Å². The molecule has 132 valence electrons. The molecular weight excluding hydrogens is 318 g/mol. The van der Waals surface area contributed by atoms with E-state index in [-0.39, 0.29) is 17.9 Å². The summed E-state index contributed by atoms with van der Waals surface area (Å²) >= 11 is 1.97. The fourth-order valence-electron chi connectivity index (χ4n) is 3.58. The molecule has 1 aromatic carbocycles. The second-order valence-corrected chi connectivity index (χ2v) is 8.14. The molecule has 3 rings (SSSR count). The van der Waals surface area contributed by atoms with Crippen molar-refractivity contribution in [3.8, 4) is 0 Å². The summed E-state index contributed by atoms with van der Waals surface area (Å²) in [5.41, 5.74) is 1.31. The number of piperazine rings is 1. The average Bonchev–Trinajstić information content (AvgIpc) is 2.64. The number of nitrogens with zero attached hydrogens (tertiary/aromatic N) is 2. The summed E-state index contributed by atoms with van der Waals surface area (Å²) in [5.74, 6) is 2.77. The van der Waals surface area contributed by atoms with Gasteiger partial charge >= 0.3 is 0 Å². The van der Waals surface area contributed by atoms with Gasteiger partial charge in [0.2, 0.25) is 5.91 Å². The summed E-state index contributed by atoms with van der Waals surface area (Å²) < 4.78 is 0. The minimum absolute atomic E-state index is 0.232. The van der Waals surface area contributed by atoms with E-state index in [1.54, 1.807) is 0 Å². The maximum atomic E-state index is 12.3. The van der Waals surface area contributed by atoms with E-state index in [0.717, 1.165) is 57.1 Å². The van der Waals surface area contributed by atoms with Crippen LogP contribution in [0.1, 0.15) is 19.8 Å². The molecule has 1 atom stereocenters. The lowest BCUT2D eigenvalue weighted by molar-refractivity contribution is -0.125. The molecule has 24 heavy (non-hydrogen) atoms. The molecule has 1 aromatic rings. The van der Waals surface area contributed by atoms with E-state index in [2.05, 4.69) is 52.4 Å². The fraction of sp³-hybridized carbons (Fsp3) is 0.632. The topological polar surface area (TPSA) is 35.6 Å². The molecule has 2 heterocycles. The van der Waals surface area contributed by atoms with E-state index in [9.17, 15) is 4.79 Å². The van der Waals surface area contributed by atoms with Crippen LogP contribution in [-0.4, -0.2) is 61.1 Å². The molecule has 2 aliphatic heterocycles. The van der Waals surface area contributed by atoms with Crippen molar-refractivity contribution in [2.75, 3.05) is 49.1 Å². The van der Waals surface area contributed by atoms with Crippen LogP contribution in [0.25, 0.3) is 0 Å². The Kier molecular flexibility index (Phi) is 6.44. The molecule has 0 bridgehead atoms. The maximum Gasteiger partial charge on any atom is 0.223 e. The minimum atomic E-state index is 0.232. The zero-order valence-corrected chi connectivity index (χ0v) is 15.4. The molecule has 0 unspecified atom stereocenters. The Morgan fingerprint density at radius 2 is 1.83 bits per heavy atom. The second-order valence-electron chi connectivity index (χ2n) is 6.92. The summed E-state index contributed by atoms with van der Waals surface area (Å²) in [4.78, 5) is 17.3. The number of hydrogen-bond donors (Lipinski definition) is 1. The zero-order valence-electron chi connectivity index (χ0n) is 14.6. The van der Waals surface area contributed by atoms with Crippen LogP contribution in [0, 0.1) is 5.92 Å². The van der Waals surface area contributed by atoms with Gasteiger partial charge in [0.05, 0.1) is 0 Å². The number of rotatable bonds is 5. The van der Waals surface area contributed by atoms with Crippen LogP contribution in [0.4, 0.5) is 5.69 Å². The highest BCUT2D eigenvalue weighted by atomic mass is 32.2. The number of carbonyl (C=O) groups excluding carboxylic acids is 1. The first-order valence-electron chi connectivity index (χ1n) is 9.13. The van der Waals surface area contributed by atoms with Crippen molar-refractivity contribution in [1.82, 2.24) is 10.2 Å². The van der Waals surface area contributed by atoms with E-state index in [0.29, 0.717) is 0 Å². The fourth-order valence-corrected chi connectivity index (χ4v) is 4.69. The van der Waals surface area contributed by atoms with Gasteiger partial charge in [-0.2, -0.15) is 11.8 Å². The number of benzene rings is 1. The van der Waals surface area contributed by atoms with Crippen LogP contribution in [-0.2, 0) is 4.79 Å². The van der Waals surface area contributed by atoms with Crippen LogP contribution in [0.15, 0.2) is 30.3 Å². The van der Waals surface area contributed by atoms with Gasteiger partial charge in [-0.3, -0.25) is 9.69 Å². The predicted octanol–water partition coefficient (Wildman–Crippen LogP) is 2.46. The molecule has 0 saturated carbocycles. The molecular formula is C19H29N3OS. The van der Waals surface area contributed by atoms with Gasteiger partial charge in [-0.25, -0.2) is 0 Å². The number of carbonyl (C=O) groups is 1. The van der Waals surface area contributed by atoms with Gasteiger partial charge in [0.1, 0.15) is 0 Å². The maximum absolute atomic E-state index is 12.3. The summed E-state index contributed by atoms with van der Waals surface area (Å²) in [5, 5.41) is 3.24. The number of hydrogen-bond acceptors (Lipinski definition) is 4. The lowest BCUT2D eigenvalue weighted by atomic mass is 10.0. The van der Waals surface area contributed by atoms with Gasteiger partial charge in [-0.1, -0.05) is 18.2 Å². The van der Waals surface area contributed by atoms with E-state index in [1.807, 2.05) is 11.8 Å². The van der Waals surface area contributed by atoms with E-state index < -0.39 is 0 Å². The number of nitrogens with one attached hydrogen (secondary N) is 1. The molecule has 0 aliphatic carbocycles. The Hall–Kier alpha value is -1.20. The zero-order chi connectivity index (χ0) is 16.8. The smallest absolute Gasteiger partial charge is 0.223 e. The number of amides is 1. The van der Waals surface area contributed by atoms with Gasteiger partial charge in [-0.15, -0.1) is 0 Å². The molecule has 2 fully saturated rings. The van der Waals surface area contributed by atoms with E-state index in [4.69, 9.17) is 0 Å². The monoisotopic (exact) mass is 347 g/mol. The average molecular weight is 348 g/mol. The molecule has 1 amide bonds. The Labute approximate surface area is 150 Å². The van der Waals surface area contributed by atoms with Gasteiger partial charge in [0, 0.05) is 50.4 Å². The Balaban J connectivity index is 1.40. The van der Waals surface area contributed by atoms with Gasteiger partial charge < -0.3 is 10.2 Å². The van der Waals surface area contributed by atoms with Crippen molar-refractivity contribution < 1.29 is 4.79 Å². The summed E-state index contributed by atoms with van der Waals surface area (Å²) in [7, 11) is 0. The van der Waals surface area contributed by atoms with Crippen LogP contribution < -0.4 is 10.2 Å². The van der Waals surface area contributed by atoms with Gasteiger partial charge in [0.25, 0.3) is 0 Å². The summed E-state index contributed by atoms with van der Waals surface area (Å²) in [6.07, 6.45) is 2.08. The molecule has 2 saturated heterocycles. The van der Waals surface area contributed by atoms with E-state index in [1.165, 1.54) is 5.69 Å². The SMILES string of the molecule is C[C@@H](CN1CCN(c2ccccc2)CC1)NC(=O)C1CCSCC1. The van der Waals surface area contributed by atoms with Crippen molar-refractivity contribution >= 4 is 23.4 Å². The predicted molar refractivity (Wildman–Crippen MR) is 103 cm³/mol. The third-order valence-electron chi connectivity index (χ3n) is 5.01. The number of para-hydroxylation sites is 1. The van der Waals surface area contributed by atoms with Crippen molar-refractivity contribution in [2.24, 2.45) is 5.92 Å². The molecule has 2 aliphatic rings. The third kappa shape index (κ3) is 4.90. The number of anilines is 1. The molecule has 0 radical (unpaired) electrons. The highest BCUT2D eigenvalue weighted by Crippen LogP contribution is 2.23. The number of thioether (sulfide) groups is 1. The second kappa shape index (κ2) is 8.77. The first-order valence-corrected chi connectivity index (χ1v) is 10.3. The van der Waals surface area contributed by atoms with Gasteiger partial charge in [0.15, 0.2) is 0 Å². The third-order valence-corrected chi connectivity index (χ3v) is 6.06. The summed E-state index contributed by atoms with van der Waals surface area (Å²) in [6, 6.07) is 10.9.